The fraction of sp³-hybridized carbons (Fsp3) is 1.00. The molecule has 1 rings (SSSR count). The van der Waals surface area contributed by atoms with E-state index in [1.807, 2.05) is 0 Å². The lowest BCUT2D eigenvalue weighted by Crippen LogP contribution is -2.60. The molecule has 1 aliphatic heterocycles. The van der Waals surface area contributed by atoms with E-state index in [1.165, 1.54) is 0 Å². The summed E-state index contributed by atoms with van der Waals surface area (Å²) in [5, 5.41) is 36.6. The van der Waals surface area contributed by atoms with Crippen LogP contribution in [0.4, 0.5) is 13.2 Å². The van der Waals surface area contributed by atoms with Crippen molar-refractivity contribution in [1.82, 2.24) is 0 Å². The topological polar surface area (TPSA) is 134 Å². The van der Waals surface area contributed by atoms with Gasteiger partial charge in [0.15, 0.2) is 12.4 Å². The molecule has 0 radical (unpaired) electrons. The molecule has 0 amide bonds. The Morgan fingerprint density at radius 3 is 2.11 bits per heavy atom. The van der Waals surface area contributed by atoms with Crippen LogP contribution >= 0.6 is 0 Å². The molecule has 0 spiro atoms. The van der Waals surface area contributed by atoms with Crippen molar-refractivity contribution < 1.29 is 50.9 Å². The first-order valence-electron chi connectivity index (χ1n) is 4.81. The van der Waals surface area contributed by atoms with Crippen LogP contribution in [0.1, 0.15) is 0 Å². The molecular formula is C7H11F3O8S. The molecule has 1 heterocycles. The highest BCUT2D eigenvalue weighted by atomic mass is 32.2. The summed E-state index contributed by atoms with van der Waals surface area (Å²) in [4.78, 5) is 0. The molecule has 1 aliphatic rings. The van der Waals surface area contributed by atoms with Crippen LogP contribution in [-0.4, -0.2) is 71.7 Å². The molecule has 5 unspecified atom stereocenters. The molecule has 0 saturated carbocycles. The third kappa shape index (κ3) is 3.34. The molecule has 12 heteroatoms. The summed E-state index contributed by atoms with van der Waals surface area (Å²) < 4.78 is 65.7. The van der Waals surface area contributed by atoms with Crippen LogP contribution in [0.15, 0.2) is 0 Å². The van der Waals surface area contributed by atoms with Gasteiger partial charge in [-0.2, -0.15) is 21.6 Å². The summed E-state index contributed by atoms with van der Waals surface area (Å²) >= 11 is 0. The lowest BCUT2D eigenvalue weighted by atomic mass is 9.99. The summed E-state index contributed by atoms with van der Waals surface area (Å²) in [7, 11) is -6.08. The number of aliphatic hydroxyl groups excluding tert-OH is 4. The molecule has 0 aromatic carbocycles. The number of hydrogen-bond donors (Lipinski definition) is 4. The zero-order chi connectivity index (χ0) is 15.0. The van der Waals surface area contributed by atoms with E-state index in [2.05, 4.69) is 8.92 Å². The molecular weight excluding hydrogens is 301 g/mol. The molecule has 4 N–H and O–H groups in total. The number of rotatable bonds is 3. The lowest BCUT2D eigenvalue weighted by Gasteiger charge is -2.39. The Morgan fingerprint density at radius 1 is 1.16 bits per heavy atom. The molecule has 0 aromatic rings. The van der Waals surface area contributed by atoms with Gasteiger partial charge in [0.05, 0.1) is 6.61 Å². The van der Waals surface area contributed by atoms with Crippen molar-refractivity contribution in [2.75, 3.05) is 6.61 Å². The van der Waals surface area contributed by atoms with Gasteiger partial charge < -0.3 is 25.2 Å². The monoisotopic (exact) mass is 312 g/mol. The van der Waals surface area contributed by atoms with Gasteiger partial charge in [0.25, 0.3) is 0 Å². The summed E-state index contributed by atoms with van der Waals surface area (Å²) in [6.07, 6.45) is -10.3. The fourth-order valence-electron chi connectivity index (χ4n) is 1.38. The Hall–Kier alpha value is -0.500. The number of alkyl halides is 3. The number of halogens is 3. The van der Waals surface area contributed by atoms with Crippen molar-refractivity contribution in [1.29, 1.82) is 0 Å². The first-order chi connectivity index (χ1) is 8.51. The van der Waals surface area contributed by atoms with Gasteiger partial charge in [-0.1, -0.05) is 0 Å². The van der Waals surface area contributed by atoms with E-state index in [1.54, 1.807) is 0 Å². The fourth-order valence-corrected chi connectivity index (χ4v) is 1.99. The van der Waals surface area contributed by atoms with Crippen molar-refractivity contribution >= 4 is 10.1 Å². The van der Waals surface area contributed by atoms with Crippen molar-refractivity contribution in [2.24, 2.45) is 0 Å². The molecule has 1 saturated heterocycles. The predicted octanol–water partition coefficient (Wildman–Crippen LogP) is -2.35. The lowest BCUT2D eigenvalue weighted by molar-refractivity contribution is -0.281. The molecule has 0 aromatic heterocycles. The number of aliphatic hydroxyl groups is 4. The van der Waals surface area contributed by atoms with E-state index in [9.17, 15) is 36.9 Å². The third-order valence-electron chi connectivity index (χ3n) is 2.36. The molecule has 5 atom stereocenters. The van der Waals surface area contributed by atoms with Gasteiger partial charge in [0.2, 0.25) is 0 Å². The summed E-state index contributed by atoms with van der Waals surface area (Å²) in [6, 6.07) is 0. The van der Waals surface area contributed by atoms with E-state index in [0.717, 1.165) is 0 Å². The summed E-state index contributed by atoms with van der Waals surface area (Å²) in [5.41, 5.74) is -5.76. The number of ether oxygens (including phenoxy) is 1. The van der Waals surface area contributed by atoms with E-state index in [4.69, 9.17) is 5.11 Å². The van der Waals surface area contributed by atoms with Gasteiger partial charge in [-0.25, -0.2) is 0 Å². The molecule has 114 valence electrons. The maximum Gasteiger partial charge on any atom is 0.523 e. The van der Waals surface area contributed by atoms with Crippen LogP contribution in [0.25, 0.3) is 0 Å². The van der Waals surface area contributed by atoms with Crippen LogP contribution in [0, 0.1) is 0 Å². The Morgan fingerprint density at radius 2 is 1.68 bits per heavy atom. The van der Waals surface area contributed by atoms with Crippen molar-refractivity contribution in [3.8, 4) is 0 Å². The SMILES string of the molecule is O=S(=O)(OC1C(O)OC(CO)C(O)C1O)C(F)(F)F. The molecule has 0 bridgehead atoms. The second-order valence-electron chi connectivity index (χ2n) is 3.69. The maximum atomic E-state index is 12.1. The molecule has 0 aliphatic carbocycles. The minimum Gasteiger partial charge on any atom is -0.394 e. The van der Waals surface area contributed by atoms with Gasteiger partial charge in [0.1, 0.15) is 18.3 Å². The summed E-state index contributed by atoms with van der Waals surface area (Å²) in [6.45, 7) is -0.853. The Kier molecular flexibility index (Phi) is 4.77. The Labute approximate surface area is 105 Å². The van der Waals surface area contributed by atoms with E-state index in [0.29, 0.717) is 0 Å². The van der Waals surface area contributed by atoms with Crippen LogP contribution in [0.3, 0.4) is 0 Å². The van der Waals surface area contributed by atoms with Gasteiger partial charge in [0, 0.05) is 0 Å². The zero-order valence-electron chi connectivity index (χ0n) is 9.06. The minimum absolute atomic E-state index is 0.853. The highest BCUT2D eigenvalue weighted by Gasteiger charge is 2.53. The maximum absolute atomic E-state index is 12.1. The first kappa shape index (κ1) is 16.6. The minimum atomic E-state index is -6.08. The zero-order valence-corrected chi connectivity index (χ0v) is 9.87. The second-order valence-corrected chi connectivity index (χ2v) is 5.25. The Bertz CT molecular complexity index is 409. The average molecular weight is 312 g/mol. The van der Waals surface area contributed by atoms with Crippen molar-refractivity contribution in [2.45, 2.75) is 36.2 Å². The predicted molar refractivity (Wildman–Crippen MR) is 49.8 cm³/mol. The Balaban J connectivity index is 2.90. The smallest absolute Gasteiger partial charge is 0.394 e. The molecule has 19 heavy (non-hydrogen) atoms. The van der Waals surface area contributed by atoms with Gasteiger partial charge in [-0.05, 0) is 0 Å². The highest BCUT2D eigenvalue weighted by molar-refractivity contribution is 7.87. The molecule has 1 fully saturated rings. The van der Waals surface area contributed by atoms with E-state index < -0.39 is 52.9 Å². The van der Waals surface area contributed by atoms with Crippen LogP contribution in [-0.2, 0) is 19.0 Å². The highest BCUT2D eigenvalue weighted by Crippen LogP contribution is 2.30. The average Bonchev–Trinajstić information content (AvgIpc) is 2.27. The summed E-state index contributed by atoms with van der Waals surface area (Å²) in [5.74, 6) is 0. The van der Waals surface area contributed by atoms with Crippen LogP contribution in [0.2, 0.25) is 0 Å². The molecule has 8 nitrogen and oxygen atoms in total. The van der Waals surface area contributed by atoms with Crippen LogP contribution < -0.4 is 0 Å². The second kappa shape index (κ2) is 5.47. The van der Waals surface area contributed by atoms with Gasteiger partial charge >= 0.3 is 15.6 Å². The van der Waals surface area contributed by atoms with E-state index in [-0.39, 0.29) is 0 Å². The van der Waals surface area contributed by atoms with Crippen molar-refractivity contribution in [3.05, 3.63) is 0 Å². The van der Waals surface area contributed by atoms with Gasteiger partial charge in [-0.3, -0.25) is 4.18 Å². The largest absolute Gasteiger partial charge is 0.523 e. The van der Waals surface area contributed by atoms with E-state index >= 15 is 0 Å². The number of hydrogen-bond acceptors (Lipinski definition) is 8. The first-order valence-corrected chi connectivity index (χ1v) is 6.22. The standard InChI is InChI=1S/C7H11F3O8S/c8-7(9,10)19(15,16)18-5-4(13)3(12)2(1-11)17-6(5)14/h2-6,11-14H,1H2. The quantitative estimate of drug-likeness (QED) is 0.336. The van der Waals surface area contributed by atoms with Gasteiger partial charge in [-0.15, -0.1) is 0 Å². The third-order valence-corrected chi connectivity index (χ3v) is 3.41. The van der Waals surface area contributed by atoms with Crippen molar-refractivity contribution in [3.63, 3.8) is 0 Å². The normalized spacial score (nSPS) is 37.3. The van der Waals surface area contributed by atoms with Crippen LogP contribution in [0.5, 0.6) is 0 Å².